The van der Waals surface area contributed by atoms with E-state index in [9.17, 15) is 9.90 Å². The molecule has 0 unspecified atom stereocenters. The maximum absolute atomic E-state index is 11.5. The van der Waals surface area contributed by atoms with Crippen LogP contribution in [0.25, 0.3) is 16.8 Å². The largest absolute Gasteiger partial charge is 0.465 e. The Hall–Kier alpha value is -4.44. The van der Waals surface area contributed by atoms with E-state index in [-0.39, 0.29) is 0 Å². The second-order valence-corrected chi connectivity index (χ2v) is 7.40. The first-order valence-corrected chi connectivity index (χ1v) is 10.1. The van der Waals surface area contributed by atoms with Gasteiger partial charge in [-0.2, -0.15) is 5.26 Å². The number of amides is 1. The van der Waals surface area contributed by atoms with Crippen molar-refractivity contribution in [1.29, 1.82) is 5.26 Å². The lowest BCUT2D eigenvalue weighted by Crippen LogP contribution is -2.30. The summed E-state index contributed by atoms with van der Waals surface area (Å²) in [4.78, 5) is 11.5. The average Bonchev–Trinajstić information content (AvgIpc) is 3.20. The van der Waals surface area contributed by atoms with Crippen LogP contribution in [0.4, 0.5) is 4.79 Å². The summed E-state index contributed by atoms with van der Waals surface area (Å²) >= 11 is 0. The zero-order valence-corrected chi connectivity index (χ0v) is 17.4. The summed E-state index contributed by atoms with van der Waals surface area (Å²) in [6, 6.07) is 26.5. The molecule has 0 saturated heterocycles. The second-order valence-electron chi connectivity index (χ2n) is 7.40. The Labute approximate surface area is 185 Å². The number of benzene rings is 3. The number of aromatic nitrogens is 3. The highest BCUT2D eigenvalue weighted by Crippen LogP contribution is 2.26. The van der Waals surface area contributed by atoms with E-state index in [1.165, 1.54) is 0 Å². The molecule has 1 heterocycles. The quantitative estimate of drug-likeness (QED) is 0.469. The monoisotopic (exact) mass is 423 g/mol. The standard InChI is InChI=1S/C25H21N5O2/c1-17-24(23(27-25(31)32)15-18-5-3-2-4-6-18)30(29-28-17)22-13-11-21(12-14-22)20-9-7-19(16-26)8-10-20/h2-14,23,27H,15H2,1H3,(H,31,32)/t23-/m1/s1. The van der Waals surface area contributed by atoms with Gasteiger partial charge in [-0.15, -0.1) is 5.10 Å². The lowest BCUT2D eigenvalue weighted by atomic mass is 10.0. The van der Waals surface area contributed by atoms with Crippen molar-refractivity contribution in [1.82, 2.24) is 20.3 Å². The molecule has 0 radical (unpaired) electrons. The fourth-order valence-corrected chi connectivity index (χ4v) is 3.70. The third-order valence-corrected chi connectivity index (χ3v) is 5.25. The number of carbonyl (C=O) groups is 1. The van der Waals surface area contributed by atoms with Crippen molar-refractivity contribution >= 4 is 6.09 Å². The number of nitrogens with zero attached hydrogens (tertiary/aromatic N) is 4. The van der Waals surface area contributed by atoms with E-state index >= 15 is 0 Å². The maximum atomic E-state index is 11.5. The van der Waals surface area contributed by atoms with Crippen LogP contribution >= 0.6 is 0 Å². The first-order valence-electron chi connectivity index (χ1n) is 10.1. The fourth-order valence-electron chi connectivity index (χ4n) is 3.70. The Morgan fingerprint density at radius 1 is 1.03 bits per heavy atom. The molecule has 2 N–H and O–H groups in total. The van der Waals surface area contributed by atoms with Crippen molar-refractivity contribution in [3.05, 3.63) is 101 Å². The van der Waals surface area contributed by atoms with Crippen molar-refractivity contribution in [3.63, 3.8) is 0 Å². The summed E-state index contributed by atoms with van der Waals surface area (Å²) < 4.78 is 1.68. The molecule has 7 heteroatoms. The van der Waals surface area contributed by atoms with Gasteiger partial charge in [0.1, 0.15) is 0 Å². The summed E-state index contributed by atoms with van der Waals surface area (Å²) in [6.07, 6.45) is -0.626. The molecular weight excluding hydrogens is 402 g/mol. The van der Waals surface area contributed by atoms with Crippen molar-refractivity contribution in [3.8, 4) is 22.9 Å². The number of nitriles is 1. The molecule has 0 aliphatic carbocycles. The van der Waals surface area contributed by atoms with Crippen LogP contribution < -0.4 is 5.32 Å². The highest BCUT2D eigenvalue weighted by Gasteiger charge is 2.23. The minimum atomic E-state index is -1.10. The minimum Gasteiger partial charge on any atom is -0.465 e. The van der Waals surface area contributed by atoms with Crippen LogP contribution in [0.15, 0.2) is 78.9 Å². The molecule has 4 rings (SSSR count). The number of aryl methyl sites for hydroxylation is 1. The van der Waals surface area contributed by atoms with E-state index in [0.29, 0.717) is 23.4 Å². The summed E-state index contributed by atoms with van der Waals surface area (Å²) in [5.74, 6) is 0. The summed E-state index contributed by atoms with van der Waals surface area (Å²) in [6.45, 7) is 1.82. The lowest BCUT2D eigenvalue weighted by Gasteiger charge is -2.19. The van der Waals surface area contributed by atoms with E-state index in [4.69, 9.17) is 5.26 Å². The van der Waals surface area contributed by atoms with E-state index in [2.05, 4.69) is 21.7 Å². The van der Waals surface area contributed by atoms with Crippen LogP contribution in [0.3, 0.4) is 0 Å². The smallest absolute Gasteiger partial charge is 0.405 e. The topological polar surface area (TPSA) is 104 Å². The van der Waals surface area contributed by atoms with Gasteiger partial charge in [-0.05, 0) is 54.3 Å². The molecular formula is C25H21N5O2. The number of carboxylic acid groups (broad SMARTS) is 1. The first-order chi connectivity index (χ1) is 15.5. The van der Waals surface area contributed by atoms with Gasteiger partial charge in [0.25, 0.3) is 0 Å². The number of rotatable bonds is 6. The van der Waals surface area contributed by atoms with Gasteiger partial charge in [0, 0.05) is 0 Å². The summed E-state index contributed by atoms with van der Waals surface area (Å²) in [7, 11) is 0. The Morgan fingerprint density at radius 3 is 2.25 bits per heavy atom. The van der Waals surface area contributed by atoms with Crippen LogP contribution in [0.1, 0.15) is 28.6 Å². The highest BCUT2D eigenvalue weighted by molar-refractivity contribution is 5.66. The van der Waals surface area contributed by atoms with Gasteiger partial charge in [0.05, 0.1) is 34.7 Å². The van der Waals surface area contributed by atoms with Crippen molar-refractivity contribution < 1.29 is 9.90 Å². The van der Waals surface area contributed by atoms with Gasteiger partial charge in [-0.3, -0.25) is 0 Å². The minimum absolute atomic E-state index is 0.477. The molecule has 0 bridgehead atoms. The van der Waals surface area contributed by atoms with Crippen molar-refractivity contribution in [2.75, 3.05) is 0 Å². The van der Waals surface area contributed by atoms with E-state index in [1.54, 1.807) is 16.8 Å². The van der Waals surface area contributed by atoms with E-state index in [1.807, 2.05) is 73.7 Å². The highest BCUT2D eigenvalue weighted by atomic mass is 16.4. The predicted molar refractivity (Wildman–Crippen MR) is 120 cm³/mol. The van der Waals surface area contributed by atoms with Crippen LogP contribution in [-0.2, 0) is 6.42 Å². The molecule has 0 spiro atoms. The SMILES string of the molecule is Cc1nnn(-c2ccc(-c3ccc(C#N)cc3)cc2)c1[C@@H](Cc1ccccc1)NC(=O)O. The molecule has 1 aromatic heterocycles. The molecule has 7 nitrogen and oxygen atoms in total. The van der Waals surface area contributed by atoms with Crippen LogP contribution in [0.2, 0.25) is 0 Å². The van der Waals surface area contributed by atoms with Crippen molar-refractivity contribution in [2.24, 2.45) is 0 Å². The Kier molecular flexibility index (Phi) is 5.95. The molecule has 158 valence electrons. The summed E-state index contributed by atoms with van der Waals surface area (Å²) in [5, 5.41) is 29.5. The molecule has 4 aromatic rings. The second kappa shape index (κ2) is 9.14. The maximum Gasteiger partial charge on any atom is 0.405 e. The zero-order valence-electron chi connectivity index (χ0n) is 17.4. The Morgan fingerprint density at radius 2 is 1.66 bits per heavy atom. The third kappa shape index (κ3) is 4.50. The van der Waals surface area contributed by atoms with Gasteiger partial charge in [0.2, 0.25) is 0 Å². The molecule has 0 aliphatic rings. The number of hydrogen-bond donors (Lipinski definition) is 2. The molecule has 32 heavy (non-hydrogen) atoms. The van der Waals surface area contributed by atoms with E-state index < -0.39 is 12.1 Å². The third-order valence-electron chi connectivity index (χ3n) is 5.25. The van der Waals surface area contributed by atoms with Gasteiger partial charge >= 0.3 is 6.09 Å². The normalized spacial score (nSPS) is 11.5. The predicted octanol–water partition coefficient (Wildman–Crippen LogP) is 4.67. The van der Waals surface area contributed by atoms with Crippen LogP contribution in [-0.4, -0.2) is 26.2 Å². The molecule has 0 fully saturated rings. The van der Waals surface area contributed by atoms with Gasteiger partial charge in [0.15, 0.2) is 0 Å². The van der Waals surface area contributed by atoms with E-state index in [0.717, 1.165) is 22.4 Å². The average molecular weight is 423 g/mol. The summed E-state index contributed by atoms with van der Waals surface area (Å²) in [5.41, 5.74) is 5.76. The Bertz CT molecular complexity index is 1260. The number of hydrogen-bond acceptors (Lipinski definition) is 4. The molecule has 0 aliphatic heterocycles. The lowest BCUT2D eigenvalue weighted by molar-refractivity contribution is 0.189. The molecule has 3 aromatic carbocycles. The van der Waals surface area contributed by atoms with Gasteiger partial charge in [-0.25, -0.2) is 9.48 Å². The molecule has 1 amide bonds. The zero-order chi connectivity index (χ0) is 22.5. The molecule has 0 saturated carbocycles. The molecule has 1 atom stereocenters. The fraction of sp³-hybridized carbons (Fsp3) is 0.120. The van der Waals surface area contributed by atoms with Gasteiger partial charge < -0.3 is 10.4 Å². The van der Waals surface area contributed by atoms with Crippen molar-refractivity contribution in [2.45, 2.75) is 19.4 Å². The van der Waals surface area contributed by atoms with Crippen LogP contribution in [0.5, 0.6) is 0 Å². The first kappa shape index (κ1) is 20.8. The number of nitrogens with one attached hydrogen (secondary N) is 1. The van der Waals surface area contributed by atoms with Crippen LogP contribution in [0, 0.1) is 18.3 Å². The van der Waals surface area contributed by atoms with Gasteiger partial charge in [-0.1, -0.05) is 59.8 Å². The Balaban J connectivity index is 1.67.